The molecule has 0 heterocycles. The number of ether oxygens (including phenoxy) is 1. The molecule has 0 fully saturated rings. The highest BCUT2D eigenvalue weighted by molar-refractivity contribution is 7.47. The van der Waals surface area contributed by atoms with Crippen molar-refractivity contribution in [1.82, 2.24) is 5.32 Å². The fraction of sp³-hybridized carbons (Fsp3) is 0.639. The van der Waals surface area contributed by atoms with Crippen LogP contribution in [0.25, 0.3) is 0 Å². The molecule has 0 rings (SSSR count). The number of likely N-dealkylation sites (N-methyl/N-ethyl adjacent to an activating group) is 1. The average molecular weight is 1010 g/mol. The van der Waals surface area contributed by atoms with E-state index in [0.29, 0.717) is 23.9 Å². The number of phosphoric acid groups is 1. The van der Waals surface area contributed by atoms with Crippen LogP contribution in [-0.4, -0.2) is 74.3 Å². The number of rotatable bonds is 48. The number of hydrogen-bond acceptors (Lipinski definition) is 6. The Morgan fingerprint density at radius 1 is 0.521 bits per heavy atom. The van der Waals surface area contributed by atoms with E-state index in [1.807, 2.05) is 94.1 Å². The van der Waals surface area contributed by atoms with E-state index in [9.17, 15) is 19.0 Å². The van der Waals surface area contributed by atoms with Gasteiger partial charge in [0.15, 0.2) is 0 Å². The lowest BCUT2D eigenvalue weighted by molar-refractivity contribution is -0.870. The zero-order valence-corrected chi connectivity index (χ0v) is 46.8. The molecule has 3 atom stereocenters. The molecule has 71 heavy (non-hydrogen) atoms. The lowest BCUT2D eigenvalue weighted by atomic mass is 10.1. The molecule has 0 aliphatic rings. The van der Waals surface area contributed by atoms with Gasteiger partial charge < -0.3 is 19.4 Å². The largest absolute Gasteiger partial charge is 0.472 e. The highest BCUT2D eigenvalue weighted by Crippen LogP contribution is 2.43. The number of nitrogens with one attached hydrogen (secondary N) is 1. The second kappa shape index (κ2) is 50.0. The molecule has 0 aromatic heterocycles. The fourth-order valence-electron chi connectivity index (χ4n) is 7.21. The van der Waals surface area contributed by atoms with Crippen molar-refractivity contribution in [3.8, 4) is 0 Å². The minimum atomic E-state index is -4.47. The normalized spacial score (nSPS) is 14.7. The molecule has 0 radical (unpaired) electrons. The molecule has 9 nitrogen and oxygen atoms in total. The topological polar surface area (TPSA) is 111 Å². The van der Waals surface area contributed by atoms with Gasteiger partial charge in [0.2, 0.25) is 5.91 Å². The molecule has 0 spiro atoms. The van der Waals surface area contributed by atoms with Crippen LogP contribution in [0.5, 0.6) is 0 Å². The van der Waals surface area contributed by atoms with Gasteiger partial charge in [-0.1, -0.05) is 220 Å². The van der Waals surface area contributed by atoms with Crippen LogP contribution >= 0.6 is 7.82 Å². The predicted molar refractivity (Wildman–Crippen MR) is 304 cm³/mol. The van der Waals surface area contributed by atoms with E-state index in [-0.39, 0.29) is 37.9 Å². The highest BCUT2D eigenvalue weighted by Gasteiger charge is 2.30. The van der Waals surface area contributed by atoms with E-state index < -0.39 is 20.0 Å². The third-order valence-corrected chi connectivity index (χ3v) is 12.5. The van der Waals surface area contributed by atoms with Crippen molar-refractivity contribution >= 4 is 19.7 Å². The Morgan fingerprint density at radius 3 is 1.52 bits per heavy atom. The van der Waals surface area contributed by atoms with Crippen molar-refractivity contribution in [2.24, 2.45) is 0 Å². The van der Waals surface area contributed by atoms with Gasteiger partial charge in [0.1, 0.15) is 19.3 Å². The number of nitrogens with zero attached hydrogens (tertiary/aromatic N) is 1. The first kappa shape index (κ1) is 67.4. The van der Waals surface area contributed by atoms with Crippen LogP contribution in [0.4, 0.5) is 0 Å². The Balaban J connectivity index is 5.50. The van der Waals surface area contributed by atoms with E-state index in [2.05, 4.69) is 74.7 Å². The molecule has 1 amide bonds. The third kappa shape index (κ3) is 51.1. The molecule has 0 aliphatic carbocycles. The van der Waals surface area contributed by atoms with Crippen molar-refractivity contribution in [1.29, 1.82) is 0 Å². The first-order chi connectivity index (χ1) is 34.4. The number of quaternary nitrogens is 1. The SMILES string of the molecule is CC\C=C/C=C/C=C/C=C\C=C\C=C\CCCCCC(=O)NC(COP(=O)(O)OCC[N+](C)(C)C)C(/C=C/CCCCCCCCCCC)OC(=O)CCCCCC/C=C\C/C=C\C/C=C\CCCCC. The van der Waals surface area contributed by atoms with Gasteiger partial charge in [-0.05, 0) is 89.5 Å². The fourth-order valence-corrected chi connectivity index (χ4v) is 7.95. The van der Waals surface area contributed by atoms with Gasteiger partial charge in [0, 0.05) is 12.8 Å². The summed E-state index contributed by atoms with van der Waals surface area (Å²) in [5, 5.41) is 3.01. The number of esters is 1. The van der Waals surface area contributed by atoms with Crippen molar-refractivity contribution in [3.05, 3.63) is 122 Å². The van der Waals surface area contributed by atoms with E-state index >= 15 is 0 Å². The molecule has 10 heteroatoms. The molecule has 2 N–H and O–H groups in total. The number of allylic oxidation sites excluding steroid dienone is 19. The van der Waals surface area contributed by atoms with Crippen LogP contribution in [0.1, 0.15) is 201 Å². The molecule has 0 bridgehead atoms. The highest BCUT2D eigenvalue weighted by atomic mass is 31.2. The molecule has 404 valence electrons. The maximum atomic E-state index is 13.5. The number of amides is 1. The summed E-state index contributed by atoms with van der Waals surface area (Å²) >= 11 is 0. The van der Waals surface area contributed by atoms with E-state index in [4.69, 9.17) is 13.8 Å². The van der Waals surface area contributed by atoms with Crippen LogP contribution < -0.4 is 5.32 Å². The van der Waals surface area contributed by atoms with Crippen LogP contribution in [0.15, 0.2) is 122 Å². The van der Waals surface area contributed by atoms with Crippen molar-refractivity contribution in [2.45, 2.75) is 213 Å². The summed E-state index contributed by atoms with van der Waals surface area (Å²) in [6, 6.07) is -0.888. The quantitative estimate of drug-likeness (QED) is 0.0156. The number of hydrogen-bond donors (Lipinski definition) is 2. The standard InChI is InChI=1S/C61H103N2O7P/c1-7-10-13-16-19-22-25-27-29-31-33-35-38-41-44-47-50-53-60(64)62-58(57-69-71(66,67)68-56-55-63(4,5)6)59(52-49-46-43-40-37-24-21-18-15-12-9-3)70-61(65)54-51-48-45-42-39-36-34-32-30-28-26-23-20-17-14-11-8-2/h10,13,16,19-20,22-23,25,27-31,33-36,38,49,52,58-59H,7-9,11-12,14-15,17-18,21,24,26,32,37,39-48,50-51,53-57H2,1-6H3,(H-,62,64,66,67)/p+1/b13-10-,19-16+,23-20-,25-22+,29-27-,30-28-,33-31+,36-34-,38-35+,52-49+. The number of unbranched alkanes of at least 4 members (excludes halogenated alkanes) is 19. The van der Waals surface area contributed by atoms with E-state index in [0.717, 1.165) is 83.5 Å². The molecule has 0 aliphatic heterocycles. The molecule has 0 aromatic rings. The van der Waals surface area contributed by atoms with Crippen molar-refractivity contribution in [3.63, 3.8) is 0 Å². The number of phosphoric ester groups is 1. The van der Waals surface area contributed by atoms with Crippen molar-refractivity contribution in [2.75, 3.05) is 40.9 Å². The summed E-state index contributed by atoms with van der Waals surface area (Å²) in [5.41, 5.74) is 0. The maximum absolute atomic E-state index is 13.5. The van der Waals surface area contributed by atoms with Gasteiger partial charge in [-0.25, -0.2) is 4.57 Å². The molecule has 0 saturated carbocycles. The average Bonchev–Trinajstić information content (AvgIpc) is 3.33. The molecular weight excluding hydrogens is 904 g/mol. The third-order valence-electron chi connectivity index (χ3n) is 11.5. The zero-order valence-electron chi connectivity index (χ0n) is 45.9. The minimum absolute atomic E-state index is 0.0200. The predicted octanol–water partition coefficient (Wildman–Crippen LogP) is 16.8. The first-order valence-corrected chi connectivity index (χ1v) is 29.4. The van der Waals surface area contributed by atoms with Gasteiger partial charge in [-0.15, -0.1) is 0 Å². The zero-order chi connectivity index (χ0) is 52.2. The summed E-state index contributed by atoms with van der Waals surface area (Å²) in [6.45, 7) is 6.75. The van der Waals surface area contributed by atoms with Gasteiger partial charge >= 0.3 is 13.8 Å². The summed E-state index contributed by atoms with van der Waals surface area (Å²) < 4.78 is 30.5. The second-order valence-electron chi connectivity index (χ2n) is 19.5. The molecule has 0 saturated heterocycles. The summed E-state index contributed by atoms with van der Waals surface area (Å²) in [4.78, 5) is 37.5. The Bertz CT molecular complexity index is 1630. The summed E-state index contributed by atoms with van der Waals surface area (Å²) in [6.07, 6.45) is 69.1. The molecule has 3 unspecified atom stereocenters. The van der Waals surface area contributed by atoms with Crippen molar-refractivity contribution < 1.29 is 37.3 Å². The maximum Gasteiger partial charge on any atom is 0.472 e. The second-order valence-corrected chi connectivity index (χ2v) is 21.0. The van der Waals surface area contributed by atoms with Gasteiger partial charge in [0.05, 0.1) is 33.8 Å². The Morgan fingerprint density at radius 2 is 0.958 bits per heavy atom. The Labute approximate surface area is 435 Å². The van der Waals surface area contributed by atoms with Crippen LogP contribution in [0.3, 0.4) is 0 Å². The van der Waals surface area contributed by atoms with Gasteiger partial charge in [0.25, 0.3) is 0 Å². The van der Waals surface area contributed by atoms with Gasteiger partial charge in [-0.2, -0.15) is 0 Å². The van der Waals surface area contributed by atoms with Crippen LogP contribution in [-0.2, 0) is 27.9 Å². The van der Waals surface area contributed by atoms with Crippen LogP contribution in [0, 0.1) is 0 Å². The monoisotopic (exact) mass is 1010 g/mol. The van der Waals surface area contributed by atoms with Crippen LogP contribution in [0.2, 0.25) is 0 Å². The Kier molecular flexibility index (Phi) is 47.4. The van der Waals surface area contributed by atoms with E-state index in [1.54, 1.807) is 0 Å². The molecule has 0 aromatic carbocycles. The number of carbonyl (C=O) groups is 2. The number of carbonyl (C=O) groups excluding carboxylic acids is 2. The lowest BCUT2D eigenvalue weighted by Crippen LogP contribution is -2.47. The van der Waals surface area contributed by atoms with E-state index in [1.165, 1.54) is 70.6 Å². The Hall–Kier alpha value is -3.59. The van der Waals surface area contributed by atoms with Gasteiger partial charge in [-0.3, -0.25) is 18.6 Å². The first-order valence-electron chi connectivity index (χ1n) is 27.9. The lowest BCUT2D eigenvalue weighted by Gasteiger charge is -2.27. The summed E-state index contributed by atoms with van der Waals surface area (Å²) in [5.74, 6) is -0.594. The molecular formula is C61H104N2O7P+. The summed E-state index contributed by atoms with van der Waals surface area (Å²) in [7, 11) is 1.43. The smallest absolute Gasteiger partial charge is 0.456 e. The minimum Gasteiger partial charge on any atom is -0.456 e.